The Kier molecular flexibility index (Phi) is 5.25. The van der Waals surface area contributed by atoms with Crippen LogP contribution in [0.2, 0.25) is 0 Å². The van der Waals surface area contributed by atoms with Crippen LogP contribution in [0.25, 0.3) is 10.2 Å². The first-order chi connectivity index (χ1) is 15.6. The number of nitrogens with one attached hydrogen (secondary N) is 1. The summed E-state index contributed by atoms with van der Waals surface area (Å²) in [5.41, 5.74) is 3.57. The second-order valence-electron chi connectivity index (χ2n) is 7.55. The molecule has 3 amide bonds. The molecule has 6 nitrogen and oxygen atoms in total. The third-order valence-corrected chi connectivity index (χ3v) is 6.41. The highest BCUT2D eigenvalue weighted by atomic mass is 32.1. The molecule has 0 unspecified atom stereocenters. The van der Waals surface area contributed by atoms with Crippen LogP contribution in [-0.4, -0.2) is 34.2 Å². The molecule has 1 N–H and O–H groups in total. The van der Waals surface area contributed by atoms with Gasteiger partial charge in [0.05, 0.1) is 26.4 Å². The second kappa shape index (κ2) is 8.36. The summed E-state index contributed by atoms with van der Waals surface area (Å²) in [5, 5.41) is 3.87. The van der Waals surface area contributed by atoms with Crippen LogP contribution < -0.4 is 5.32 Å². The minimum Gasteiger partial charge on any atom is -0.326 e. The summed E-state index contributed by atoms with van der Waals surface area (Å²) in [6.45, 7) is 0.0495. The van der Waals surface area contributed by atoms with Crippen molar-refractivity contribution in [2.45, 2.75) is 12.8 Å². The molecule has 158 valence electrons. The van der Waals surface area contributed by atoms with Crippen LogP contribution in [0.15, 0.2) is 72.8 Å². The van der Waals surface area contributed by atoms with Crippen LogP contribution in [0.3, 0.4) is 0 Å². The Morgan fingerprint density at radius 3 is 2.22 bits per heavy atom. The molecule has 1 aromatic heterocycles. The van der Waals surface area contributed by atoms with E-state index >= 15 is 0 Å². The van der Waals surface area contributed by atoms with E-state index in [1.807, 2.05) is 42.5 Å². The topological polar surface area (TPSA) is 79.4 Å². The molecule has 5 rings (SSSR count). The number of carbonyl (C=O) groups is 3. The van der Waals surface area contributed by atoms with Gasteiger partial charge in [-0.2, -0.15) is 0 Å². The molecule has 1 aliphatic rings. The molecule has 4 aromatic rings. The summed E-state index contributed by atoms with van der Waals surface area (Å²) in [7, 11) is 0. The van der Waals surface area contributed by atoms with E-state index in [1.165, 1.54) is 4.70 Å². The Bertz CT molecular complexity index is 1280. The predicted molar refractivity (Wildman–Crippen MR) is 124 cm³/mol. The summed E-state index contributed by atoms with van der Waals surface area (Å²) in [4.78, 5) is 42.9. The number of imide groups is 1. The zero-order chi connectivity index (χ0) is 22.1. The standard InChI is InChI=1S/C25H19N3O3S/c29-22(13-14-28-24(30)18-5-1-2-6-19(18)25(28)31)26-17-11-9-16(10-12-17)15-23-27-20-7-3-4-8-21(20)32-23/h1-12H,13-15H2,(H,26,29). The Balaban J connectivity index is 1.16. The lowest BCUT2D eigenvalue weighted by Gasteiger charge is -2.13. The van der Waals surface area contributed by atoms with E-state index in [0.717, 1.165) is 27.4 Å². The fourth-order valence-corrected chi connectivity index (χ4v) is 4.76. The molecule has 2 heterocycles. The van der Waals surface area contributed by atoms with Crippen LogP contribution in [-0.2, 0) is 11.2 Å². The van der Waals surface area contributed by atoms with Gasteiger partial charge in [0.1, 0.15) is 0 Å². The van der Waals surface area contributed by atoms with Gasteiger partial charge in [-0.25, -0.2) is 4.98 Å². The van der Waals surface area contributed by atoms with Crippen molar-refractivity contribution in [3.8, 4) is 0 Å². The molecular weight excluding hydrogens is 422 g/mol. The molecule has 0 fully saturated rings. The Morgan fingerprint density at radius 1 is 0.875 bits per heavy atom. The van der Waals surface area contributed by atoms with Crippen molar-refractivity contribution in [1.29, 1.82) is 0 Å². The van der Waals surface area contributed by atoms with Gasteiger partial charge in [0.2, 0.25) is 5.91 Å². The van der Waals surface area contributed by atoms with Gasteiger partial charge in [-0.1, -0.05) is 36.4 Å². The molecule has 0 saturated heterocycles. The van der Waals surface area contributed by atoms with Gasteiger partial charge in [-0.15, -0.1) is 11.3 Å². The summed E-state index contributed by atoms with van der Waals surface area (Å²) >= 11 is 1.68. The molecule has 0 atom stereocenters. The summed E-state index contributed by atoms with van der Waals surface area (Å²) in [6, 6.07) is 22.4. The van der Waals surface area contributed by atoms with E-state index in [1.54, 1.807) is 35.6 Å². The summed E-state index contributed by atoms with van der Waals surface area (Å²) in [5.74, 6) is -0.948. The smallest absolute Gasteiger partial charge is 0.261 e. The van der Waals surface area contributed by atoms with Crippen molar-refractivity contribution in [3.63, 3.8) is 0 Å². The van der Waals surface area contributed by atoms with E-state index in [0.29, 0.717) is 16.8 Å². The number of para-hydroxylation sites is 1. The number of hydrogen-bond acceptors (Lipinski definition) is 5. The number of nitrogens with zero attached hydrogens (tertiary/aromatic N) is 2. The highest BCUT2D eigenvalue weighted by molar-refractivity contribution is 7.18. The average Bonchev–Trinajstić information content (AvgIpc) is 3.32. The van der Waals surface area contributed by atoms with Gasteiger partial charge < -0.3 is 5.32 Å². The third kappa shape index (κ3) is 3.90. The Morgan fingerprint density at radius 2 is 1.53 bits per heavy atom. The third-order valence-electron chi connectivity index (χ3n) is 5.37. The minimum atomic E-state index is -0.349. The maximum Gasteiger partial charge on any atom is 0.261 e. The SMILES string of the molecule is O=C(CCN1C(=O)c2ccccc2C1=O)Nc1ccc(Cc2nc3ccccc3s2)cc1. The second-order valence-corrected chi connectivity index (χ2v) is 8.67. The van der Waals surface area contributed by atoms with E-state index in [2.05, 4.69) is 16.4 Å². The van der Waals surface area contributed by atoms with Gasteiger partial charge in [0.25, 0.3) is 11.8 Å². The van der Waals surface area contributed by atoms with Crippen LogP contribution >= 0.6 is 11.3 Å². The molecule has 32 heavy (non-hydrogen) atoms. The Hall–Kier alpha value is -3.84. The van der Waals surface area contributed by atoms with Crippen LogP contribution in [0.1, 0.15) is 37.7 Å². The quantitative estimate of drug-likeness (QED) is 0.447. The molecule has 3 aromatic carbocycles. The molecule has 0 radical (unpaired) electrons. The van der Waals surface area contributed by atoms with Crippen molar-refractivity contribution in [3.05, 3.63) is 94.5 Å². The van der Waals surface area contributed by atoms with Gasteiger partial charge >= 0.3 is 0 Å². The van der Waals surface area contributed by atoms with Crippen molar-refractivity contribution in [2.24, 2.45) is 0 Å². The molecule has 0 spiro atoms. The first kappa shape index (κ1) is 20.1. The number of hydrogen-bond donors (Lipinski definition) is 1. The average molecular weight is 442 g/mol. The van der Waals surface area contributed by atoms with Crippen LogP contribution in [0, 0.1) is 0 Å². The number of anilines is 1. The first-order valence-electron chi connectivity index (χ1n) is 10.3. The van der Waals surface area contributed by atoms with Crippen LogP contribution in [0.4, 0.5) is 5.69 Å². The highest BCUT2D eigenvalue weighted by Gasteiger charge is 2.34. The molecule has 0 bridgehead atoms. The molecule has 0 aliphatic carbocycles. The van der Waals surface area contributed by atoms with E-state index < -0.39 is 0 Å². The summed E-state index contributed by atoms with van der Waals surface area (Å²) in [6.07, 6.45) is 0.770. The lowest BCUT2D eigenvalue weighted by atomic mass is 10.1. The number of carbonyl (C=O) groups excluding carboxylic acids is 3. The normalized spacial score (nSPS) is 12.9. The van der Waals surface area contributed by atoms with Gasteiger partial charge in [-0.3, -0.25) is 19.3 Å². The lowest BCUT2D eigenvalue weighted by Crippen LogP contribution is -2.32. The zero-order valence-corrected chi connectivity index (χ0v) is 17.9. The largest absolute Gasteiger partial charge is 0.326 e. The fraction of sp³-hybridized carbons (Fsp3) is 0.120. The van der Waals surface area contributed by atoms with Gasteiger partial charge in [0.15, 0.2) is 0 Å². The number of thiazole rings is 1. The van der Waals surface area contributed by atoms with Gasteiger partial charge in [-0.05, 0) is 42.0 Å². The fourth-order valence-electron chi connectivity index (χ4n) is 3.76. The van der Waals surface area contributed by atoms with Gasteiger partial charge in [0, 0.05) is 25.1 Å². The lowest BCUT2D eigenvalue weighted by molar-refractivity contribution is -0.116. The van der Waals surface area contributed by atoms with Crippen LogP contribution in [0.5, 0.6) is 0 Å². The van der Waals surface area contributed by atoms with E-state index in [9.17, 15) is 14.4 Å². The van der Waals surface area contributed by atoms with Crippen molar-refractivity contribution in [1.82, 2.24) is 9.88 Å². The molecule has 0 saturated carbocycles. The first-order valence-corrected chi connectivity index (χ1v) is 11.1. The molecular formula is C25H19N3O3S. The number of amides is 3. The zero-order valence-electron chi connectivity index (χ0n) is 17.1. The molecule has 7 heteroatoms. The molecule has 1 aliphatic heterocycles. The number of aromatic nitrogens is 1. The highest BCUT2D eigenvalue weighted by Crippen LogP contribution is 2.25. The van der Waals surface area contributed by atoms with E-state index in [-0.39, 0.29) is 30.7 Å². The monoisotopic (exact) mass is 441 g/mol. The minimum absolute atomic E-state index is 0.0406. The van der Waals surface area contributed by atoms with Crippen molar-refractivity contribution >= 4 is 45.0 Å². The van der Waals surface area contributed by atoms with E-state index in [4.69, 9.17) is 0 Å². The Labute approximate surface area is 188 Å². The maximum atomic E-state index is 12.4. The van der Waals surface area contributed by atoms with Crippen molar-refractivity contribution in [2.75, 3.05) is 11.9 Å². The number of fused-ring (bicyclic) bond motifs is 2. The maximum absolute atomic E-state index is 12.4. The number of benzene rings is 3. The predicted octanol–water partition coefficient (Wildman–Crippen LogP) is 4.51. The van der Waals surface area contributed by atoms with Crippen molar-refractivity contribution < 1.29 is 14.4 Å². The number of rotatable bonds is 6. The summed E-state index contributed by atoms with van der Waals surface area (Å²) < 4.78 is 1.17.